The molecule has 4 aliphatic heterocycles. The molecule has 452 valence electrons. The molecule has 17 nitrogen and oxygen atoms in total. The molecule has 2 saturated heterocycles. The van der Waals surface area contributed by atoms with Gasteiger partial charge in [-0.1, -0.05) is 115 Å². The van der Waals surface area contributed by atoms with Gasteiger partial charge in [0.05, 0.1) is 93.6 Å². The van der Waals surface area contributed by atoms with Crippen LogP contribution in [0.2, 0.25) is 0 Å². The molecule has 3 atom stereocenters. The van der Waals surface area contributed by atoms with Crippen molar-refractivity contribution in [2.45, 2.75) is 71.4 Å². The average Bonchev–Trinajstić information content (AvgIpc) is 1.95. The van der Waals surface area contributed by atoms with E-state index in [4.69, 9.17) is 28.2 Å². The number of carbonyl (C=O) groups is 4. The number of rotatable bonds is 16. The van der Waals surface area contributed by atoms with Crippen molar-refractivity contribution in [2.24, 2.45) is 0 Å². The Balaban J connectivity index is 0.000000168. The number of aliphatic hydroxyl groups is 1. The lowest BCUT2D eigenvalue weighted by atomic mass is 10.0. The quantitative estimate of drug-likeness (QED) is 0.0711. The van der Waals surface area contributed by atoms with Crippen molar-refractivity contribution in [3.05, 3.63) is 214 Å². The van der Waals surface area contributed by atoms with Gasteiger partial charge in [-0.25, -0.2) is 0 Å². The van der Waals surface area contributed by atoms with Crippen molar-refractivity contribution in [2.75, 3.05) is 83.8 Å². The first-order valence-electron chi connectivity index (χ1n) is 28.8. The van der Waals surface area contributed by atoms with Gasteiger partial charge in [0, 0.05) is 45.3 Å². The fourth-order valence-electron chi connectivity index (χ4n) is 11.0. The number of piperidine rings is 1. The first kappa shape index (κ1) is 63.5. The summed E-state index contributed by atoms with van der Waals surface area (Å²) in [7, 11) is 2.91. The second kappa shape index (κ2) is 29.5. The number of nitrogens with zero attached hydrogens (tertiary/aromatic N) is 5. The molecular weight excluding hydrogens is 1110 g/mol. The average molecular weight is 1190 g/mol. The van der Waals surface area contributed by atoms with E-state index in [9.17, 15) is 27.6 Å². The number of aliphatic hydroxyl groups excluding tert-OH is 1. The minimum atomic E-state index is -3.37. The van der Waals surface area contributed by atoms with Gasteiger partial charge < -0.3 is 33.9 Å². The Hall–Kier alpha value is -8.55. The third-order valence-electron chi connectivity index (χ3n) is 15.6. The summed E-state index contributed by atoms with van der Waals surface area (Å²) in [6, 6.07) is 51.7. The van der Waals surface area contributed by atoms with E-state index < -0.39 is 16.2 Å². The molecule has 4 amide bonds. The Kier molecular flexibility index (Phi) is 21.8. The molecule has 86 heavy (non-hydrogen) atoms. The van der Waals surface area contributed by atoms with E-state index in [1.165, 1.54) is 21.8 Å². The molecule has 0 aromatic heterocycles. The highest BCUT2D eigenvalue weighted by Gasteiger charge is 2.40. The van der Waals surface area contributed by atoms with Crippen LogP contribution in [0.15, 0.2) is 164 Å². The maximum Gasteiger partial charge on any atom is 0.264 e. The molecule has 7 aromatic rings. The van der Waals surface area contributed by atoms with Crippen LogP contribution >= 0.6 is 0 Å². The molecule has 4 aliphatic rings. The standard InChI is InChI=1S/C29H31N3O4.C22H24N2O4.C9H12O3S.C8H10O/c1-20(22-8-5-4-6-9-22)30-14-16-31(17-15-30)24-11-7-10-23-27(24)29(34)32(28(23)33)19-21-12-13-25(35-2)26(18-21)36-3;1-27-18-10-9-15(13-19(18)28-2)14-24-21(25)16-7-6-8-17(20(16)22(24)26)23-11-4-3-5-12-23;1-8(12-13(2,10)11)9-6-4-3-5-7-9;1-7(9)8-5-3-2-4-6-8/h4-13,18,20H,14-17,19H2,1-3H3;6-10,13H,3-5,11-12,14H2,1-2H3;3-8H,1-2H3;2-7,9H,1H3/t20-;;8-;7-/m0.11/s1. The van der Waals surface area contributed by atoms with Crippen molar-refractivity contribution < 1.29 is 55.8 Å². The number of amides is 4. The lowest BCUT2D eigenvalue weighted by Gasteiger charge is -2.39. The van der Waals surface area contributed by atoms with Crippen LogP contribution in [0, 0.1) is 0 Å². The Morgan fingerprint density at radius 1 is 0.453 bits per heavy atom. The minimum Gasteiger partial charge on any atom is -0.493 e. The molecule has 0 spiro atoms. The largest absolute Gasteiger partial charge is 0.493 e. The Labute approximate surface area is 505 Å². The summed E-state index contributed by atoms with van der Waals surface area (Å²) in [5, 5.41) is 9.02. The number of imide groups is 2. The van der Waals surface area contributed by atoms with Crippen LogP contribution in [0.4, 0.5) is 11.4 Å². The third kappa shape index (κ3) is 15.5. The second-order valence-electron chi connectivity index (χ2n) is 21.3. The highest BCUT2D eigenvalue weighted by atomic mass is 32.2. The predicted octanol–water partition coefficient (Wildman–Crippen LogP) is 11.3. The number of hydrogen-bond acceptors (Lipinski definition) is 15. The van der Waals surface area contributed by atoms with E-state index in [1.54, 1.807) is 78.7 Å². The number of piperazine rings is 1. The number of hydrogen-bond donors (Lipinski definition) is 1. The van der Waals surface area contributed by atoms with E-state index in [0.29, 0.717) is 51.3 Å². The highest BCUT2D eigenvalue weighted by Crippen LogP contribution is 2.38. The van der Waals surface area contributed by atoms with E-state index in [-0.39, 0.29) is 42.8 Å². The summed E-state index contributed by atoms with van der Waals surface area (Å²) in [4.78, 5) is 62.5. The summed E-state index contributed by atoms with van der Waals surface area (Å²) in [5.74, 6) is 1.38. The van der Waals surface area contributed by atoms with Gasteiger partial charge in [-0.2, -0.15) is 8.42 Å². The van der Waals surface area contributed by atoms with Gasteiger partial charge in [-0.05, 0) is 116 Å². The zero-order chi connectivity index (χ0) is 61.5. The molecule has 0 radical (unpaired) electrons. The van der Waals surface area contributed by atoms with E-state index >= 15 is 0 Å². The van der Waals surface area contributed by atoms with Crippen molar-refractivity contribution >= 4 is 45.1 Å². The van der Waals surface area contributed by atoms with Crippen molar-refractivity contribution in [1.82, 2.24) is 14.7 Å². The van der Waals surface area contributed by atoms with Gasteiger partial charge in [0.25, 0.3) is 33.7 Å². The number of benzene rings is 7. The zero-order valence-electron chi connectivity index (χ0n) is 50.2. The van der Waals surface area contributed by atoms with Crippen molar-refractivity contribution in [3.8, 4) is 23.0 Å². The molecule has 0 saturated carbocycles. The summed E-state index contributed by atoms with van der Waals surface area (Å²) < 4.78 is 47.7. The zero-order valence-corrected chi connectivity index (χ0v) is 51.0. The molecule has 1 N–H and O–H groups in total. The number of fused-ring (bicyclic) bond motifs is 2. The lowest BCUT2D eigenvalue weighted by molar-refractivity contribution is 0.0627. The molecule has 2 fully saturated rings. The molecular formula is C68H77N5O12S. The van der Waals surface area contributed by atoms with Crippen LogP contribution in [0.5, 0.6) is 23.0 Å². The predicted molar refractivity (Wildman–Crippen MR) is 333 cm³/mol. The molecule has 4 heterocycles. The Bertz CT molecular complexity index is 3560. The number of carbonyl (C=O) groups excluding carboxylic acids is 4. The van der Waals surface area contributed by atoms with Gasteiger partial charge in [0.2, 0.25) is 0 Å². The number of methoxy groups -OCH3 is 4. The molecule has 7 aromatic carbocycles. The first-order valence-corrected chi connectivity index (χ1v) is 30.6. The van der Waals surface area contributed by atoms with E-state index in [1.807, 2.05) is 103 Å². The maximum atomic E-state index is 13.5. The van der Waals surface area contributed by atoms with Crippen LogP contribution in [-0.4, -0.2) is 126 Å². The SMILES string of the molecule is COc1ccc(CN2C(=O)c3cccc(N4CCCCC4)c3C2=O)cc1OC.COc1ccc(CN2C(=O)c3cccc(N4CCN([C@@H](C)c5ccccc5)CC4)c3C2=O)cc1OC.C[C@@H](O)c1ccccc1.C[C@@H](OS(C)(=O)=O)c1ccccc1. The van der Waals surface area contributed by atoms with Crippen LogP contribution in [0.3, 0.4) is 0 Å². The number of anilines is 2. The van der Waals surface area contributed by atoms with Crippen LogP contribution in [-0.2, 0) is 27.4 Å². The minimum absolute atomic E-state index is 0.175. The van der Waals surface area contributed by atoms with Crippen molar-refractivity contribution in [1.29, 1.82) is 0 Å². The monoisotopic (exact) mass is 1190 g/mol. The van der Waals surface area contributed by atoms with Crippen LogP contribution in [0.1, 0.15) is 128 Å². The third-order valence-corrected chi connectivity index (χ3v) is 16.2. The summed E-state index contributed by atoms with van der Waals surface area (Å²) >= 11 is 0. The Morgan fingerprint density at radius 3 is 1.26 bits per heavy atom. The van der Waals surface area contributed by atoms with Crippen LogP contribution in [0.25, 0.3) is 0 Å². The first-order chi connectivity index (χ1) is 41.4. The van der Waals surface area contributed by atoms with Crippen molar-refractivity contribution in [3.63, 3.8) is 0 Å². The smallest absolute Gasteiger partial charge is 0.264 e. The summed E-state index contributed by atoms with van der Waals surface area (Å²) in [6.07, 6.45) is 3.72. The Morgan fingerprint density at radius 2 is 0.860 bits per heavy atom. The second-order valence-corrected chi connectivity index (χ2v) is 22.9. The van der Waals surface area contributed by atoms with Gasteiger partial charge in [-0.3, -0.25) is 38.1 Å². The topological polar surface area (TPSA) is 185 Å². The lowest BCUT2D eigenvalue weighted by Crippen LogP contribution is -2.47. The van der Waals surface area contributed by atoms with E-state index in [0.717, 1.165) is 92.0 Å². The van der Waals surface area contributed by atoms with Crippen LogP contribution < -0.4 is 28.7 Å². The number of ether oxygens (including phenoxy) is 4. The van der Waals surface area contributed by atoms with Gasteiger partial charge >= 0.3 is 0 Å². The van der Waals surface area contributed by atoms with Gasteiger partial charge in [0.1, 0.15) is 0 Å². The normalized spacial score (nSPS) is 15.8. The molecule has 18 heteroatoms. The van der Waals surface area contributed by atoms with E-state index in [2.05, 4.69) is 45.9 Å². The summed E-state index contributed by atoms with van der Waals surface area (Å²) in [6.45, 7) is 11.3. The molecule has 0 aliphatic carbocycles. The fraction of sp³-hybridized carbons (Fsp3) is 0.324. The van der Waals surface area contributed by atoms with Gasteiger partial charge in [-0.15, -0.1) is 0 Å². The van der Waals surface area contributed by atoms with Gasteiger partial charge in [0.15, 0.2) is 23.0 Å². The molecule has 0 bridgehead atoms. The molecule has 0 unspecified atom stereocenters. The molecule has 11 rings (SSSR count). The highest BCUT2D eigenvalue weighted by molar-refractivity contribution is 7.86. The fourth-order valence-corrected chi connectivity index (χ4v) is 11.6. The maximum absolute atomic E-state index is 13.5. The summed E-state index contributed by atoms with van der Waals surface area (Å²) in [5.41, 5.74) is 8.47.